The molecule has 1 saturated heterocycles. The quantitative estimate of drug-likeness (QED) is 0.795. The van der Waals surface area contributed by atoms with E-state index in [1.807, 2.05) is 30.3 Å². The first-order chi connectivity index (χ1) is 9.75. The van der Waals surface area contributed by atoms with Crippen molar-refractivity contribution in [1.29, 1.82) is 0 Å². The van der Waals surface area contributed by atoms with Crippen LogP contribution in [0.15, 0.2) is 30.3 Å². The van der Waals surface area contributed by atoms with Crippen molar-refractivity contribution < 1.29 is 14.4 Å². The van der Waals surface area contributed by atoms with E-state index in [9.17, 15) is 9.59 Å². The fourth-order valence-corrected chi connectivity index (χ4v) is 3.05. The van der Waals surface area contributed by atoms with E-state index in [2.05, 4.69) is 0 Å². The van der Waals surface area contributed by atoms with Crippen LogP contribution in [0.5, 0.6) is 0 Å². The van der Waals surface area contributed by atoms with Gasteiger partial charge in [-0.3, -0.25) is 4.79 Å². The number of benzene rings is 1. The van der Waals surface area contributed by atoms with Gasteiger partial charge in [0.2, 0.25) is 0 Å². The summed E-state index contributed by atoms with van der Waals surface area (Å²) in [6.07, 6.45) is 5.74. The minimum atomic E-state index is -0.667. The van der Waals surface area contributed by atoms with Gasteiger partial charge in [-0.2, -0.15) is 5.06 Å². The highest BCUT2D eigenvalue weighted by Crippen LogP contribution is 2.29. The molecule has 0 spiro atoms. The third-order valence-corrected chi connectivity index (χ3v) is 4.18. The first kappa shape index (κ1) is 13.2. The second-order valence-corrected chi connectivity index (χ2v) is 5.61. The minimum Gasteiger partial charge on any atom is -0.337 e. The van der Waals surface area contributed by atoms with Crippen LogP contribution in [0.1, 0.15) is 37.7 Å². The lowest BCUT2D eigenvalue weighted by molar-refractivity contribution is -0.189. The number of hydrogen-bond donors (Lipinski definition) is 0. The fraction of sp³-hybridized carbons (Fsp3) is 0.500. The average Bonchev–Trinajstić information content (AvgIpc) is 2.77. The van der Waals surface area contributed by atoms with E-state index in [0.29, 0.717) is 6.42 Å². The molecule has 2 fully saturated rings. The van der Waals surface area contributed by atoms with Crippen LogP contribution in [0.4, 0.5) is 0 Å². The van der Waals surface area contributed by atoms with Gasteiger partial charge < -0.3 is 4.84 Å². The summed E-state index contributed by atoms with van der Waals surface area (Å²) in [6.45, 7) is 0. The van der Waals surface area contributed by atoms with E-state index in [0.717, 1.165) is 31.2 Å². The number of hydrogen-bond acceptors (Lipinski definition) is 3. The molecule has 4 heteroatoms. The highest BCUT2D eigenvalue weighted by atomic mass is 16.7. The van der Waals surface area contributed by atoms with Gasteiger partial charge in [-0.15, -0.1) is 0 Å². The Balaban J connectivity index is 1.70. The summed E-state index contributed by atoms with van der Waals surface area (Å²) < 4.78 is 0. The molecule has 2 aliphatic rings. The van der Waals surface area contributed by atoms with Crippen molar-refractivity contribution in [2.24, 2.45) is 5.92 Å². The van der Waals surface area contributed by atoms with Crippen LogP contribution in [0.25, 0.3) is 0 Å². The van der Waals surface area contributed by atoms with Crippen molar-refractivity contribution >= 4 is 11.9 Å². The summed E-state index contributed by atoms with van der Waals surface area (Å²) in [6, 6.07) is 9.71. The van der Waals surface area contributed by atoms with E-state index in [1.54, 1.807) is 0 Å². The van der Waals surface area contributed by atoms with Gasteiger partial charge in [0, 0.05) is 0 Å². The van der Waals surface area contributed by atoms with E-state index in [4.69, 9.17) is 4.84 Å². The van der Waals surface area contributed by atoms with Gasteiger partial charge in [-0.05, 0) is 24.8 Å². The summed E-state index contributed by atoms with van der Waals surface area (Å²) in [5.74, 6) is -1.23. The molecule has 3 rings (SSSR count). The second kappa shape index (κ2) is 5.65. The maximum absolute atomic E-state index is 12.4. The Labute approximate surface area is 118 Å². The summed E-state index contributed by atoms with van der Waals surface area (Å²) in [7, 11) is 0. The molecule has 1 heterocycles. The summed E-state index contributed by atoms with van der Waals surface area (Å²) in [5.41, 5.74) is 0.994. The van der Waals surface area contributed by atoms with E-state index < -0.39 is 11.9 Å². The highest BCUT2D eigenvalue weighted by molar-refractivity contribution is 6.01. The van der Waals surface area contributed by atoms with Crippen molar-refractivity contribution in [3.63, 3.8) is 0 Å². The predicted molar refractivity (Wildman–Crippen MR) is 73.4 cm³/mol. The third kappa shape index (κ3) is 2.55. The Morgan fingerprint density at radius 1 is 1.05 bits per heavy atom. The smallest absolute Gasteiger partial charge is 0.337 e. The number of hydroxylamine groups is 2. The lowest BCUT2D eigenvalue weighted by atomic mass is 9.94. The summed E-state index contributed by atoms with van der Waals surface area (Å²) in [5, 5.41) is 1.36. The minimum absolute atomic E-state index is 0.0842. The molecule has 1 aliphatic carbocycles. The number of amides is 1. The van der Waals surface area contributed by atoms with Gasteiger partial charge in [0.1, 0.15) is 5.92 Å². The van der Waals surface area contributed by atoms with Gasteiger partial charge >= 0.3 is 5.97 Å². The first-order valence-corrected chi connectivity index (χ1v) is 7.34. The van der Waals surface area contributed by atoms with Crippen molar-refractivity contribution in [2.45, 2.75) is 44.6 Å². The standard InChI is InChI=1S/C16H19NO3/c18-15-14(11-12-7-3-1-4-8-12)16(19)20-17(15)13-9-5-2-6-10-13/h1,3-4,7-8,13-14H,2,5-6,9-11H2. The molecule has 0 aromatic heterocycles. The zero-order chi connectivity index (χ0) is 13.9. The van der Waals surface area contributed by atoms with Crippen molar-refractivity contribution in [3.05, 3.63) is 35.9 Å². The van der Waals surface area contributed by atoms with Crippen molar-refractivity contribution in [2.75, 3.05) is 0 Å². The number of carbonyl (C=O) groups is 2. The summed E-state index contributed by atoms with van der Waals surface area (Å²) in [4.78, 5) is 29.6. The van der Waals surface area contributed by atoms with Crippen LogP contribution in [0.3, 0.4) is 0 Å². The normalized spacial score (nSPS) is 24.0. The van der Waals surface area contributed by atoms with Crippen LogP contribution < -0.4 is 0 Å². The molecule has 1 saturated carbocycles. The molecular formula is C16H19NO3. The molecule has 20 heavy (non-hydrogen) atoms. The maximum Gasteiger partial charge on any atom is 0.345 e. The largest absolute Gasteiger partial charge is 0.345 e. The topological polar surface area (TPSA) is 46.6 Å². The van der Waals surface area contributed by atoms with E-state index >= 15 is 0 Å². The Morgan fingerprint density at radius 3 is 2.45 bits per heavy atom. The molecule has 1 aliphatic heterocycles. The lowest BCUT2D eigenvalue weighted by Gasteiger charge is -2.28. The molecular weight excluding hydrogens is 254 g/mol. The zero-order valence-corrected chi connectivity index (χ0v) is 11.5. The molecule has 0 radical (unpaired) electrons. The van der Waals surface area contributed by atoms with Gasteiger partial charge in [0.25, 0.3) is 5.91 Å². The molecule has 1 amide bonds. The molecule has 0 bridgehead atoms. The molecule has 1 atom stereocenters. The highest BCUT2D eigenvalue weighted by Gasteiger charge is 2.45. The molecule has 1 unspecified atom stereocenters. The van der Waals surface area contributed by atoms with Crippen molar-refractivity contribution in [1.82, 2.24) is 5.06 Å². The molecule has 106 valence electrons. The van der Waals surface area contributed by atoms with Gasteiger partial charge in [0.05, 0.1) is 6.04 Å². The lowest BCUT2D eigenvalue weighted by Crippen LogP contribution is -2.38. The van der Waals surface area contributed by atoms with Gasteiger partial charge in [-0.25, -0.2) is 4.79 Å². The molecule has 1 aromatic carbocycles. The third-order valence-electron chi connectivity index (χ3n) is 4.18. The van der Waals surface area contributed by atoms with Gasteiger partial charge in [0.15, 0.2) is 0 Å². The first-order valence-electron chi connectivity index (χ1n) is 7.34. The Kier molecular flexibility index (Phi) is 3.72. The monoisotopic (exact) mass is 273 g/mol. The predicted octanol–water partition coefficient (Wildman–Crippen LogP) is 2.48. The average molecular weight is 273 g/mol. The Bertz CT molecular complexity index is 494. The van der Waals surface area contributed by atoms with Crippen LogP contribution >= 0.6 is 0 Å². The maximum atomic E-state index is 12.4. The number of rotatable bonds is 3. The summed E-state index contributed by atoms with van der Waals surface area (Å²) >= 11 is 0. The van der Waals surface area contributed by atoms with Crippen molar-refractivity contribution in [3.8, 4) is 0 Å². The van der Waals surface area contributed by atoms with E-state index in [-0.39, 0.29) is 11.9 Å². The second-order valence-electron chi connectivity index (χ2n) is 5.61. The van der Waals surface area contributed by atoms with Gasteiger partial charge in [-0.1, -0.05) is 49.6 Å². The zero-order valence-electron chi connectivity index (χ0n) is 11.5. The Morgan fingerprint density at radius 2 is 1.75 bits per heavy atom. The number of nitrogens with zero attached hydrogens (tertiary/aromatic N) is 1. The molecule has 0 N–H and O–H groups in total. The number of carbonyl (C=O) groups excluding carboxylic acids is 2. The van der Waals surface area contributed by atoms with Crippen LogP contribution in [0.2, 0.25) is 0 Å². The molecule has 1 aromatic rings. The fourth-order valence-electron chi connectivity index (χ4n) is 3.05. The van der Waals surface area contributed by atoms with Crippen LogP contribution in [0, 0.1) is 5.92 Å². The van der Waals surface area contributed by atoms with E-state index in [1.165, 1.54) is 11.5 Å². The van der Waals surface area contributed by atoms with Crippen LogP contribution in [-0.2, 0) is 20.8 Å². The Hall–Kier alpha value is -1.84. The van der Waals surface area contributed by atoms with Crippen LogP contribution in [-0.4, -0.2) is 23.0 Å². The molecule has 4 nitrogen and oxygen atoms in total. The SMILES string of the molecule is O=C1ON(C2CCCCC2)C(=O)C1Cc1ccccc1.